The third kappa shape index (κ3) is 3.97. The van der Waals surface area contributed by atoms with Crippen molar-refractivity contribution in [3.8, 4) is 6.07 Å². The number of pyridine rings is 1. The summed E-state index contributed by atoms with van der Waals surface area (Å²) in [5.74, 6) is 0.632. The van der Waals surface area contributed by atoms with Gasteiger partial charge in [0.05, 0.1) is 11.6 Å². The molecule has 4 heteroatoms. The predicted octanol–water partition coefficient (Wildman–Crippen LogP) is 3.65. The minimum atomic E-state index is 0.208. The van der Waals surface area contributed by atoms with E-state index in [1.807, 2.05) is 18.2 Å². The first-order valence-electron chi connectivity index (χ1n) is 6.05. The van der Waals surface area contributed by atoms with Crippen molar-refractivity contribution in [3.05, 3.63) is 58.7 Å². The number of aromatic nitrogens is 1. The molecule has 1 heterocycles. The Labute approximate surface area is 117 Å². The first-order chi connectivity index (χ1) is 9.17. The Morgan fingerprint density at radius 2 is 2.05 bits per heavy atom. The molecule has 0 aliphatic carbocycles. The minimum Gasteiger partial charge on any atom is -0.367 e. The molecule has 96 valence electrons. The molecule has 0 saturated heterocycles. The van der Waals surface area contributed by atoms with Crippen LogP contribution in [-0.2, 0) is 6.42 Å². The molecule has 0 radical (unpaired) electrons. The smallest absolute Gasteiger partial charge is 0.132 e. The number of halogens is 1. The number of nitrogens with zero attached hydrogens (tertiary/aromatic N) is 2. The first kappa shape index (κ1) is 13.4. The highest BCUT2D eigenvalue weighted by atomic mass is 35.5. The highest BCUT2D eigenvalue weighted by Gasteiger charge is 2.06. The van der Waals surface area contributed by atoms with E-state index < -0.39 is 0 Å². The van der Waals surface area contributed by atoms with E-state index in [4.69, 9.17) is 16.9 Å². The molecule has 0 fully saturated rings. The van der Waals surface area contributed by atoms with Crippen molar-refractivity contribution < 1.29 is 0 Å². The quantitative estimate of drug-likeness (QED) is 0.864. The molecule has 1 N–H and O–H groups in total. The molecule has 1 aromatic heterocycles. The lowest BCUT2D eigenvalue weighted by Gasteiger charge is -2.14. The van der Waals surface area contributed by atoms with E-state index in [9.17, 15) is 0 Å². The van der Waals surface area contributed by atoms with Gasteiger partial charge in [0.2, 0.25) is 0 Å². The number of hydrogen-bond donors (Lipinski definition) is 1. The van der Waals surface area contributed by atoms with Crippen molar-refractivity contribution >= 4 is 17.4 Å². The van der Waals surface area contributed by atoms with Gasteiger partial charge in [-0.2, -0.15) is 5.26 Å². The van der Waals surface area contributed by atoms with Gasteiger partial charge in [0.1, 0.15) is 11.0 Å². The number of anilines is 1. The van der Waals surface area contributed by atoms with E-state index in [0.29, 0.717) is 16.5 Å². The van der Waals surface area contributed by atoms with Crippen LogP contribution in [0.25, 0.3) is 0 Å². The highest BCUT2D eigenvalue weighted by Crippen LogP contribution is 2.15. The third-order valence-electron chi connectivity index (χ3n) is 2.70. The van der Waals surface area contributed by atoms with Gasteiger partial charge in [-0.25, -0.2) is 4.98 Å². The molecule has 0 saturated carbocycles. The molecule has 1 unspecified atom stereocenters. The van der Waals surface area contributed by atoms with Gasteiger partial charge in [0.25, 0.3) is 0 Å². The predicted molar refractivity (Wildman–Crippen MR) is 77.2 cm³/mol. The van der Waals surface area contributed by atoms with Crippen molar-refractivity contribution in [2.24, 2.45) is 0 Å². The Morgan fingerprint density at radius 1 is 1.32 bits per heavy atom. The van der Waals surface area contributed by atoms with Gasteiger partial charge in [-0.05, 0) is 31.0 Å². The molecular weight excluding hydrogens is 258 g/mol. The average molecular weight is 272 g/mol. The van der Waals surface area contributed by atoms with Crippen LogP contribution in [0, 0.1) is 11.3 Å². The molecule has 0 aliphatic rings. The van der Waals surface area contributed by atoms with Crippen molar-refractivity contribution in [1.29, 1.82) is 5.26 Å². The maximum absolute atomic E-state index is 8.89. The molecule has 1 aromatic carbocycles. The van der Waals surface area contributed by atoms with E-state index in [1.54, 1.807) is 12.1 Å². The van der Waals surface area contributed by atoms with E-state index in [1.165, 1.54) is 5.56 Å². The SMILES string of the molecule is CC(Cc1ccccc1)Nc1cc(C#N)cc(Cl)n1. The summed E-state index contributed by atoms with van der Waals surface area (Å²) in [6.07, 6.45) is 0.886. The Bertz CT molecular complexity index is 590. The summed E-state index contributed by atoms with van der Waals surface area (Å²) in [4.78, 5) is 4.17. The van der Waals surface area contributed by atoms with E-state index in [2.05, 4.69) is 35.4 Å². The second-order valence-corrected chi connectivity index (χ2v) is 4.80. The van der Waals surface area contributed by atoms with E-state index in [-0.39, 0.29) is 6.04 Å². The maximum atomic E-state index is 8.89. The molecule has 2 rings (SSSR count). The van der Waals surface area contributed by atoms with E-state index >= 15 is 0 Å². The molecule has 3 nitrogen and oxygen atoms in total. The molecule has 19 heavy (non-hydrogen) atoms. The van der Waals surface area contributed by atoms with Crippen molar-refractivity contribution in [1.82, 2.24) is 4.98 Å². The Hall–Kier alpha value is -2.05. The topological polar surface area (TPSA) is 48.7 Å². The Kier molecular flexibility index (Phi) is 4.38. The van der Waals surface area contributed by atoms with Gasteiger partial charge in [-0.3, -0.25) is 0 Å². The summed E-state index contributed by atoms with van der Waals surface area (Å²) >= 11 is 5.87. The molecule has 0 amide bonds. The number of nitrogens with one attached hydrogen (secondary N) is 1. The molecule has 1 atom stereocenters. The van der Waals surface area contributed by atoms with Crippen molar-refractivity contribution in [3.63, 3.8) is 0 Å². The highest BCUT2D eigenvalue weighted by molar-refractivity contribution is 6.29. The van der Waals surface area contributed by atoms with Crippen molar-refractivity contribution in [2.45, 2.75) is 19.4 Å². The number of hydrogen-bond acceptors (Lipinski definition) is 3. The number of rotatable bonds is 4. The van der Waals surface area contributed by atoms with Gasteiger partial charge in [0.15, 0.2) is 0 Å². The van der Waals surface area contributed by atoms with Gasteiger partial charge in [-0.15, -0.1) is 0 Å². The van der Waals surface area contributed by atoms with Crippen LogP contribution in [0.5, 0.6) is 0 Å². The van der Waals surface area contributed by atoms with Crippen LogP contribution in [0.15, 0.2) is 42.5 Å². The largest absolute Gasteiger partial charge is 0.367 e. The molecular formula is C15H14ClN3. The molecule has 0 aliphatic heterocycles. The third-order valence-corrected chi connectivity index (χ3v) is 2.90. The molecule has 0 bridgehead atoms. The zero-order valence-corrected chi connectivity index (χ0v) is 11.4. The van der Waals surface area contributed by atoms with Gasteiger partial charge < -0.3 is 5.32 Å². The van der Waals surface area contributed by atoms with Gasteiger partial charge in [-0.1, -0.05) is 41.9 Å². The monoisotopic (exact) mass is 271 g/mol. The van der Waals surface area contributed by atoms with E-state index in [0.717, 1.165) is 6.42 Å². The molecule has 0 spiro atoms. The Morgan fingerprint density at radius 3 is 2.74 bits per heavy atom. The van der Waals surface area contributed by atoms with Gasteiger partial charge >= 0.3 is 0 Å². The van der Waals surface area contributed by atoms with Gasteiger partial charge in [0, 0.05) is 6.04 Å². The summed E-state index contributed by atoms with van der Waals surface area (Å²) in [5.41, 5.74) is 1.76. The lowest BCUT2D eigenvalue weighted by Crippen LogP contribution is -2.18. The Balaban J connectivity index is 2.05. The fourth-order valence-corrected chi connectivity index (χ4v) is 2.12. The second kappa shape index (κ2) is 6.21. The van der Waals surface area contributed by atoms with Crippen LogP contribution in [-0.4, -0.2) is 11.0 Å². The fourth-order valence-electron chi connectivity index (χ4n) is 1.91. The number of benzene rings is 1. The van der Waals surface area contributed by atoms with Crippen LogP contribution in [0.2, 0.25) is 5.15 Å². The lowest BCUT2D eigenvalue weighted by molar-refractivity contribution is 0.784. The van der Waals surface area contributed by atoms with Crippen LogP contribution >= 0.6 is 11.6 Å². The summed E-state index contributed by atoms with van der Waals surface area (Å²) < 4.78 is 0. The maximum Gasteiger partial charge on any atom is 0.132 e. The standard InChI is InChI=1S/C15H14ClN3/c1-11(7-12-5-3-2-4-6-12)18-15-9-13(10-17)8-14(16)19-15/h2-6,8-9,11H,7H2,1H3,(H,18,19). The summed E-state index contributed by atoms with van der Waals surface area (Å²) in [7, 11) is 0. The second-order valence-electron chi connectivity index (χ2n) is 4.41. The summed E-state index contributed by atoms with van der Waals surface area (Å²) in [5, 5.41) is 12.5. The minimum absolute atomic E-state index is 0.208. The normalized spacial score (nSPS) is 11.6. The van der Waals surface area contributed by atoms with Crippen molar-refractivity contribution in [2.75, 3.05) is 5.32 Å². The summed E-state index contributed by atoms with van der Waals surface area (Å²) in [6, 6.07) is 15.7. The molecule has 2 aromatic rings. The van der Waals surface area contributed by atoms with Crippen LogP contribution < -0.4 is 5.32 Å². The zero-order chi connectivity index (χ0) is 13.7. The van der Waals surface area contributed by atoms with Crippen LogP contribution in [0.3, 0.4) is 0 Å². The lowest BCUT2D eigenvalue weighted by atomic mass is 10.1. The number of nitriles is 1. The summed E-state index contributed by atoms with van der Waals surface area (Å²) in [6.45, 7) is 2.07. The van der Waals surface area contributed by atoms with Crippen LogP contribution in [0.4, 0.5) is 5.82 Å². The van der Waals surface area contributed by atoms with Crippen LogP contribution in [0.1, 0.15) is 18.1 Å². The zero-order valence-electron chi connectivity index (χ0n) is 10.6. The average Bonchev–Trinajstić information content (AvgIpc) is 2.38. The fraction of sp³-hybridized carbons (Fsp3) is 0.200. The first-order valence-corrected chi connectivity index (χ1v) is 6.43.